The number of aromatic nitrogens is 6. The molecule has 23 heavy (non-hydrogen) atoms. The van der Waals surface area contributed by atoms with Crippen LogP contribution in [0.25, 0.3) is 23.0 Å². The minimum atomic E-state index is 0.333. The van der Waals surface area contributed by atoms with Gasteiger partial charge in [0.1, 0.15) is 17.1 Å². The van der Waals surface area contributed by atoms with Crippen molar-refractivity contribution >= 4 is 0 Å². The molecule has 0 spiro atoms. The summed E-state index contributed by atoms with van der Waals surface area (Å²) < 4.78 is 15.7. The van der Waals surface area contributed by atoms with Crippen LogP contribution in [0.5, 0.6) is 0 Å². The van der Waals surface area contributed by atoms with E-state index in [2.05, 4.69) is 30.5 Å². The highest BCUT2D eigenvalue weighted by Crippen LogP contribution is 2.24. The summed E-state index contributed by atoms with van der Waals surface area (Å²) in [7, 11) is 0. The van der Waals surface area contributed by atoms with Crippen molar-refractivity contribution in [2.45, 2.75) is 20.3 Å². The van der Waals surface area contributed by atoms with Crippen LogP contribution >= 0.6 is 0 Å². The Bertz CT molecular complexity index is 947. The highest BCUT2D eigenvalue weighted by atomic mass is 16.5. The number of nitrogens with zero attached hydrogens (tertiary/aromatic N) is 5. The first-order chi connectivity index (χ1) is 11.2. The molecular formula is C14H12N6O3. The van der Waals surface area contributed by atoms with Crippen molar-refractivity contribution in [2.75, 3.05) is 0 Å². The monoisotopic (exact) mass is 312 g/mol. The number of rotatable bonds is 4. The van der Waals surface area contributed by atoms with E-state index >= 15 is 0 Å². The first-order valence-electron chi connectivity index (χ1n) is 6.92. The van der Waals surface area contributed by atoms with E-state index < -0.39 is 0 Å². The maximum absolute atomic E-state index is 5.53. The number of furan rings is 1. The summed E-state index contributed by atoms with van der Waals surface area (Å²) in [6.45, 7) is 3.60. The number of aryl methyl sites for hydroxylation is 2. The molecule has 4 aromatic heterocycles. The van der Waals surface area contributed by atoms with Crippen LogP contribution in [-0.4, -0.2) is 30.5 Å². The van der Waals surface area contributed by atoms with Crippen LogP contribution < -0.4 is 0 Å². The van der Waals surface area contributed by atoms with Gasteiger partial charge in [0, 0.05) is 13.0 Å². The SMILES string of the molecule is Cc1ccc(-c2cc(-c3nc(Cc4noc(C)n4)no3)[nH]n2)o1. The van der Waals surface area contributed by atoms with Gasteiger partial charge in [0.15, 0.2) is 17.4 Å². The fourth-order valence-electron chi connectivity index (χ4n) is 2.12. The second kappa shape index (κ2) is 5.20. The lowest BCUT2D eigenvalue weighted by Gasteiger charge is -1.86. The number of hydrogen-bond donors (Lipinski definition) is 1. The number of aromatic amines is 1. The summed E-state index contributed by atoms with van der Waals surface area (Å²) in [5, 5.41) is 14.7. The van der Waals surface area contributed by atoms with E-state index in [1.54, 1.807) is 13.0 Å². The molecule has 0 atom stereocenters. The molecule has 1 N–H and O–H groups in total. The van der Waals surface area contributed by atoms with Gasteiger partial charge in [-0.25, -0.2) is 0 Å². The van der Waals surface area contributed by atoms with E-state index in [4.69, 9.17) is 13.5 Å². The van der Waals surface area contributed by atoms with Crippen molar-refractivity contribution in [1.29, 1.82) is 0 Å². The molecule has 0 saturated carbocycles. The van der Waals surface area contributed by atoms with Gasteiger partial charge < -0.3 is 13.5 Å². The Hall–Kier alpha value is -3.23. The van der Waals surface area contributed by atoms with Gasteiger partial charge in [-0.2, -0.15) is 15.1 Å². The van der Waals surface area contributed by atoms with E-state index in [9.17, 15) is 0 Å². The third kappa shape index (κ3) is 2.63. The molecule has 9 heteroatoms. The number of nitrogens with one attached hydrogen (secondary N) is 1. The van der Waals surface area contributed by atoms with Gasteiger partial charge in [-0.05, 0) is 19.1 Å². The lowest BCUT2D eigenvalue weighted by atomic mass is 10.3. The third-order valence-corrected chi connectivity index (χ3v) is 3.16. The van der Waals surface area contributed by atoms with Gasteiger partial charge in [-0.15, -0.1) is 0 Å². The van der Waals surface area contributed by atoms with Crippen LogP contribution in [-0.2, 0) is 6.42 Å². The van der Waals surface area contributed by atoms with E-state index in [1.807, 2.05) is 19.1 Å². The van der Waals surface area contributed by atoms with Crippen molar-refractivity contribution in [3.8, 4) is 23.0 Å². The standard InChI is InChI=1S/C14H12N6O3/c1-7-3-4-11(21-7)9-5-10(18-17-9)14-16-13(20-23-14)6-12-15-8(2)22-19-12/h3-5H,6H2,1-2H3,(H,17,18). The lowest BCUT2D eigenvalue weighted by Crippen LogP contribution is -1.93. The smallest absolute Gasteiger partial charge is 0.275 e. The molecule has 0 aliphatic heterocycles. The van der Waals surface area contributed by atoms with Crippen LogP contribution in [0.2, 0.25) is 0 Å². The second-order valence-electron chi connectivity index (χ2n) is 5.00. The molecule has 116 valence electrons. The van der Waals surface area contributed by atoms with Gasteiger partial charge in [-0.3, -0.25) is 5.10 Å². The van der Waals surface area contributed by atoms with Crippen molar-refractivity contribution < 1.29 is 13.5 Å². The van der Waals surface area contributed by atoms with E-state index in [-0.39, 0.29) is 0 Å². The predicted molar refractivity (Wildman–Crippen MR) is 76.2 cm³/mol. The molecule has 0 fully saturated rings. The molecule has 4 rings (SSSR count). The summed E-state index contributed by atoms with van der Waals surface area (Å²) in [5.41, 5.74) is 1.28. The molecule has 4 heterocycles. The molecule has 0 amide bonds. The third-order valence-electron chi connectivity index (χ3n) is 3.16. The largest absolute Gasteiger partial charge is 0.460 e. The fraction of sp³-hybridized carbons (Fsp3) is 0.214. The van der Waals surface area contributed by atoms with E-state index in [1.165, 1.54) is 0 Å². The van der Waals surface area contributed by atoms with Crippen LogP contribution in [0.15, 0.2) is 31.7 Å². The van der Waals surface area contributed by atoms with E-state index in [0.29, 0.717) is 47.0 Å². The minimum Gasteiger partial charge on any atom is -0.460 e. The van der Waals surface area contributed by atoms with E-state index in [0.717, 1.165) is 5.76 Å². The van der Waals surface area contributed by atoms with Crippen molar-refractivity contribution in [2.24, 2.45) is 0 Å². The molecule has 9 nitrogen and oxygen atoms in total. The average molecular weight is 312 g/mol. The molecule has 4 aromatic rings. The molecule has 0 bridgehead atoms. The Kier molecular flexibility index (Phi) is 3.04. The average Bonchev–Trinajstić information content (AvgIpc) is 3.26. The molecule has 0 aromatic carbocycles. The molecular weight excluding hydrogens is 300 g/mol. The summed E-state index contributed by atoms with van der Waals surface area (Å²) in [6, 6.07) is 5.52. The highest BCUT2D eigenvalue weighted by molar-refractivity contribution is 5.60. The Morgan fingerprint density at radius 3 is 2.61 bits per heavy atom. The second-order valence-corrected chi connectivity index (χ2v) is 5.00. The van der Waals surface area contributed by atoms with Crippen LogP contribution in [0.4, 0.5) is 0 Å². The first-order valence-corrected chi connectivity index (χ1v) is 6.92. The predicted octanol–water partition coefficient (Wildman–Crippen LogP) is 2.31. The van der Waals surface area contributed by atoms with Gasteiger partial charge in [-0.1, -0.05) is 10.3 Å². The Balaban J connectivity index is 1.56. The Morgan fingerprint density at radius 1 is 1.04 bits per heavy atom. The zero-order chi connectivity index (χ0) is 15.8. The Morgan fingerprint density at radius 2 is 1.87 bits per heavy atom. The van der Waals surface area contributed by atoms with Crippen LogP contribution in [0.1, 0.15) is 23.3 Å². The quantitative estimate of drug-likeness (QED) is 0.609. The summed E-state index contributed by atoms with van der Waals surface area (Å²) in [4.78, 5) is 8.40. The van der Waals surface area contributed by atoms with Gasteiger partial charge in [0.2, 0.25) is 5.89 Å². The maximum atomic E-state index is 5.53. The van der Waals surface area contributed by atoms with Crippen molar-refractivity contribution in [1.82, 2.24) is 30.5 Å². The number of hydrogen-bond acceptors (Lipinski definition) is 8. The topological polar surface area (TPSA) is 120 Å². The molecule has 0 radical (unpaired) electrons. The van der Waals surface area contributed by atoms with Gasteiger partial charge >= 0.3 is 0 Å². The zero-order valence-corrected chi connectivity index (χ0v) is 12.4. The van der Waals surface area contributed by atoms with Crippen molar-refractivity contribution in [3.63, 3.8) is 0 Å². The van der Waals surface area contributed by atoms with Gasteiger partial charge in [0.05, 0.1) is 6.42 Å². The number of H-pyrrole nitrogens is 1. The lowest BCUT2D eigenvalue weighted by molar-refractivity contribution is 0.387. The summed E-state index contributed by atoms with van der Waals surface area (Å²) >= 11 is 0. The molecule has 0 aliphatic rings. The molecule has 0 unspecified atom stereocenters. The Labute approximate surface area is 129 Å². The first kappa shape index (κ1) is 13.4. The maximum Gasteiger partial charge on any atom is 0.275 e. The normalized spacial score (nSPS) is 11.2. The summed E-state index contributed by atoms with van der Waals surface area (Å²) in [6.07, 6.45) is 0.333. The molecule has 0 saturated heterocycles. The summed E-state index contributed by atoms with van der Waals surface area (Å²) in [5.74, 6) is 3.29. The molecule has 0 aliphatic carbocycles. The minimum absolute atomic E-state index is 0.333. The fourth-order valence-corrected chi connectivity index (χ4v) is 2.12. The van der Waals surface area contributed by atoms with Crippen LogP contribution in [0, 0.1) is 13.8 Å². The zero-order valence-electron chi connectivity index (χ0n) is 12.4. The van der Waals surface area contributed by atoms with Crippen LogP contribution in [0.3, 0.4) is 0 Å². The highest BCUT2D eigenvalue weighted by Gasteiger charge is 2.15. The van der Waals surface area contributed by atoms with Crippen molar-refractivity contribution in [3.05, 3.63) is 41.5 Å². The van der Waals surface area contributed by atoms with Gasteiger partial charge in [0.25, 0.3) is 5.89 Å².